The molecule has 0 spiro atoms. The molecule has 0 saturated heterocycles. The Morgan fingerprint density at radius 2 is 1.37 bits per heavy atom. The third-order valence-corrected chi connectivity index (χ3v) is 0.794. The molecule has 5 N–H and O–H groups in total. The normalized spacial score (nSPS) is 6.21. The number of halogens is 1. The number of carboxylic acids is 2. The Kier molecular flexibility index (Phi) is 68.7. The van der Waals surface area contributed by atoms with Crippen molar-refractivity contribution >= 4 is 29.7 Å². The molecule has 0 atom stereocenters. The molecule has 0 aromatic carbocycles. The molecule has 0 saturated carbocycles. The molecule has 0 radical (unpaired) electrons. The van der Waals surface area contributed by atoms with Crippen LogP contribution in [0.3, 0.4) is 0 Å². The van der Waals surface area contributed by atoms with Gasteiger partial charge in [-0.05, 0) is 21.1 Å². The number of aliphatic carboxylic acids is 2. The Balaban J connectivity index is -0.0000000315. The van der Waals surface area contributed by atoms with E-state index < -0.39 is 11.9 Å². The molecule has 19 heavy (non-hydrogen) atoms. The average Bonchev–Trinajstić information content (AvgIpc) is 2.20. The van der Waals surface area contributed by atoms with E-state index in [4.69, 9.17) is 31.4 Å². The van der Waals surface area contributed by atoms with Gasteiger partial charge in [0, 0.05) is 0 Å². The van der Waals surface area contributed by atoms with E-state index in [2.05, 4.69) is 5.73 Å². The number of carbonyl (C=O) groups excluding carboxylic acids is 2. The van der Waals surface area contributed by atoms with E-state index in [9.17, 15) is 9.59 Å². The second-order valence-corrected chi connectivity index (χ2v) is 2.51. The third-order valence-electron chi connectivity index (χ3n) is 0.566. The quantitative estimate of drug-likeness (QED) is 0.345. The first-order valence-corrected chi connectivity index (χ1v) is 4.56. The second-order valence-electron chi connectivity index (χ2n) is 2.24. The first kappa shape index (κ1) is 36.3. The smallest absolute Gasteiger partial charge is 0.870 e. The molecule has 0 bridgehead atoms. The SMILES string of the molecule is CN.CN(C)CC(=O)O.O=C(O)CCl.O=C=O.[Na+].[OH-]. The van der Waals surface area contributed by atoms with Crippen molar-refractivity contribution in [1.29, 1.82) is 0 Å². The van der Waals surface area contributed by atoms with E-state index in [1.54, 1.807) is 19.0 Å². The number of rotatable bonds is 3. The van der Waals surface area contributed by atoms with Gasteiger partial charge < -0.3 is 21.4 Å². The zero-order valence-corrected chi connectivity index (χ0v) is 14.0. The third kappa shape index (κ3) is 139. The van der Waals surface area contributed by atoms with Gasteiger partial charge in [0.25, 0.3) is 0 Å². The Hall–Kier alpha value is -0.510. The van der Waals surface area contributed by atoms with Gasteiger partial charge in [0.1, 0.15) is 5.88 Å². The summed E-state index contributed by atoms with van der Waals surface area (Å²) in [4.78, 5) is 36.9. The summed E-state index contributed by atoms with van der Waals surface area (Å²) in [7, 11) is 4.93. The second kappa shape index (κ2) is 36.0. The molecule has 0 fully saturated rings. The largest absolute Gasteiger partial charge is 1.00 e. The van der Waals surface area contributed by atoms with Gasteiger partial charge >= 0.3 is 47.6 Å². The van der Waals surface area contributed by atoms with E-state index in [0.29, 0.717) is 0 Å². The maximum atomic E-state index is 9.77. The van der Waals surface area contributed by atoms with E-state index in [1.807, 2.05) is 0 Å². The number of alkyl halides is 1. The van der Waals surface area contributed by atoms with Crippen LogP contribution in [0.1, 0.15) is 0 Å². The van der Waals surface area contributed by atoms with Crippen LogP contribution >= 0.6 is 11.6 Å². The molecular formula is C8H18ClN2NaO7. The van der Waals surface area contributed by atoms with Crippen LogP contribution < -0.4 is 35.3 Å². The average molecular weight is 313 g/mol. The van der Waals surface area contributed by atoms with Gasteiger partial charge in [-0.15, -0.1) is 11.6 Å². The van der Waals surface area contributed by atoms with Crippen LogP contribution in [-0.2, 0) is 19.2 Å². The van der Waals surface area contributed by atoms with Crippen molar-refractivity contribution in [1.82, 2.24) is 4.90 Å². The van der Waals surface area contributed by atoms with Gasteiger partial charge in [0.2, 0.25) is 0 Å². The summed E-state index contributed by atoms with van der Waals surface area (Å²) in [5, 5.41) is 15.6. The minimum atomic E-state index is -0.980. The molecule has 9 nitrogen and oxygen atoms in total. The summed E-state index contributed by atoms with van der Waals surface area (Å²) in [5.74, 6) is -2.07. The van der Waals surface area contributed by atoms with Gasteiger partial charge in [-0.1, -0.05) is 0 Å². The summed E-state index contributed by atoms with van der Waals surface area (Å²) >= 11 is 4.74. The van der Waals surface area contributed by atoms with Crippen molar-refractivity contribution in [3.8, 4) is 0 Å². The molecule has 11 heteroatoms. The van der Waals surface area contributed by atoms with Crippen LogP contribution in [0.25, 0.3) is 0 Å². The van der Waals surface area contributed by atoms with Crippen molar-refractivity contribution in [2.75, 3.05) is 33.6 Å². The van der Waals surface area contributed by atoms with Crippen molar-refractivity contribution in [3.05, 3.63) is 0 Å². The molecule has 0 aliphatic heterocycles. The predicted molar refractivity (Wildman–Crippen MR) is 61.6 cm³/mol. The van der Waals surface area contributed by atoms with E-state index in [1.165, 1.54) is 7.05 Å². The van der Waals surface area contributed by atoms with E-state index in [0.717, 1.165) is 0 Å². The summed E-state index contributed by atoms with van der Waals surface area (Å²) in [6, 6.07) is 0. The minimum Gasteiger partial charge on any atom is -0.870 e. The Morgan fingerprint density at radius 3 is 1.37 bits per heavy atom. The van der Waals surface area contributed by atoms with E-state index >= 15 is 0 Å². The Morgan fingerprint density at radius 1 is 1.16 bits per heavy atom. The van der Waals surface area contributed by atoms with Crippen molar-refractivity contribution in [2.45, 2.75) is 0 Å². The number of nitrogens with two attached hydrogens (primary N) is 1. The molecule has 0 heterocycles. The molecule has 0 aromatic rings. The van der Waals surface area contributed by atoms with Crippen LogP contribution in [-0.4, -0.2) is 72.2 Å². The number of hydrogen-bond donors (Lipinski definition) is 3. The maximum absolute atomic E-state index is 9.77. The number of nitrogens with zero attached hydrogens (tertiary/aromatic N) is 1. The number of carbonyl (C=O) groups is 2. The van der Waals surface area contributed by atoms with Crippen molar-refractivity contribution in [2.24, 2.45) is 5.73 Å². The number of carboxylic acid groups (broad SMARTS) is 2. The fraction of sp³-hybridized carbons (Fsp3) is 0.625. The first-order valence-electron chi connectivity index (χ1n) is 4.03. The number of hydrogen-bond acceptors (Lipinski definition) is 7. The van der Waals surface area contributed by atoms with E-state index in [-0.39, 0.29) is 53.6 Å². The molecule has 0 amide bonds. The van der Waals surface area contributed by atoms with Crippen molar-refractivity contribution < 1.29 is 64.4 Å². The summed E-state index contributed by atoms with van der Waals surface area (Å²) in [6.07, 6.45) is 0.250. The fourth-order valence-corrected chi connectivity index (χ4v) is 0.271. The molecule has 0 rings (SSSR count). The van der Waals surface area contributed by atoms with Crippen LogP contribution in [0, 0.1) is 0 Å². The molecule has 110 valence electrons. The number of likely N-dealkylation sites (N-methyl/N-ethyl adjacent to an activating group) is 1. The van der Waals surface area contributed by atoms with Crippen LogP contribution in [0.4, 0.5) is 0 Å². The molecule has 0 unspecified atom stereocenters. The molecular weight excluding hydrogens is 295 g/mol. The van der Waals surface area contributed by atoms with Crippen LogP contribution in [0.5, 0.6) is 0 Å². The topological polar surface area (TPSA) is 168 Å². The van der Waals surface area contributed by atoms with Gasteiger partial charge in [0.15, 0.2) is 0 Å². The summed E-state index contributed by atoms with van der Waals surface area (Å²) in [5.41, 5.74) is 4.50. The van der Waals surface area contributed by atoms with Crippen LogP contribution in [0.2, 0.25) is 0 Å². The van der Waals surface area contributed by atoms with Gasteiger partial charge in [-0.2, -0.15) is 9.59 Å². The summed E-state index contributed by atoms with van der Waals surface area (Å²) in [6.45, 7) is 0.111. The zero-order chi connectivity index (χ0) is 14.9. The van der Waals surface area contributed by atoms with Crippen molar-refractivity contribution in [3.63, 3.8) is 0 Å². The van der Waals surface area contributed by atoms with Gasteiger partial charge in [0.05, 0.1) is 6.54 Å². The van der Waals surface area contributed by atoms with Crippen LogP contribution in [0.15, 0.2) is 0 Å². The molecule has 0 aliphatic rings. The monoisotopic (exact) mass is 312 g/mol. The minimum absolute atomic E-state index is 0. The fourth-order valence-electron chi connectivity index (χ4n) is 0.271. The zero-order valence-electron chi connectivity index (χ0n) is 11.3. The first-order chi connectivity index (χ1) is 7.81. The maximum Gasteiger partial charge on any atom is 1.00 e. The Bertz CT molecular complexity index is 223. The Labute approximate surface area is 138 Å². The van der Waals surface area contributed by atoms with Gasteiger partial charge in [-0.3, -0.25) is 14.5 Å². The standard InChI is InChI=1S/C4H9NO2.C2H3ClO2.CH5N.CO2.Na.H2O/c1-5(2)3-4(6)7;3-1-2(4)5;1-2;2-1-3;;/h3H2,1-2H3,(H,6,7);1H2,(H,4,5);2H2,1H3;;;1H2/q;;;;+1;/p-1. The molecule has 0 aromatic heterocycles. The predicted octanol–water partition coefficient (Wildman–Crippen LogP) is -4.24. The molecule has 0 aliphatic carbocycles. The summed E-state index contributed by atoms with van der Waals surface area (Å²) < 4.78 is 0. The van der Waals surface area contributed by atoms with Gasteiger partial charge in [-0.25, -0.2) is 0 Å².